The largest absolute Gasteiger partial charge is 0.396 e. The van der Waals surface area contributed by atoms with Gasteiger partial charge in [-0.2, -0.15) is 0 Å². The monoisotopic (exact) mass is 233 g/mol. The molecule has 1 N–H and O–H groups in total. The Labute approximate surface area is 96.4 Å². The van der Waals surface area contributed by atoms with E-state index >= 15 is 0 Å². The Balaban J connectivity index is 2.18. The van der Waals surface area contributed by atoms with Gasteiger partial charge in [0.05, 0.1) is 0 Å². The van der Waals surface area contributed by atoms with Crippen LogP contribution in [0.1, 0.15) is 32.1 Å². The van der Waals surface area contributed by atoms with Gasteiger partial charge in [0.15, 0.2) is 0 Å². The van der Waals surface area contributed by atoms with Crippen molar-refractivity contribution in [2.24, 2.45) is 5.92 Å². The van der Waals surface area contributed by atoms with Gasteiger partial charge in [0.1, 0.15) is 0 Å². The van der Waals surface area contributed by atoms with Crippen molar-refractivity contribution in [1.82, 2.24) is 4.90 Å². The number of alkyl halides is 1. The van der Waals surface area contributed by atoms with Crippen molar-refractivity contribution in [2.45, 2.75) is 32.1 Å². The van der Waals surface area contributed by atoms with Gasteiger partial charge >= 0.3 is 0 Å². The van der Waals surface area contributed by atoms with Gasteiger partial charge in [0.25, 0.3) is 0 Å². The minimum Gasteiger partial charge on any atom is -0.396 e. The Morgan fingerprint density at radius 2 is 2.27 bits per heavy atom. The second-order valence-electron chi connectivity index (χ2n) is 4.15. The van der Waals surface area contributed by atoms with Crippen molar-refractivity contribution in [3.63, 3.8) is 0 Å². The van der Waals surface area contributed by atoms with E-state index in [1.807, 2.05) is 4.90 Å². The first-order valence-electron chi connectivity index (χ1n) is 5.72. The number of hydrogen-bond donors (Lipinski definition) is 1. The van der Waals surface area contributed by atoms with E-state index < -0.39 is 0 Å². The minimum absolute atomic E-state index is 0.235. The number of aliphatic hydroxyl groups is 1. The standard InChI is InChI=1S/C11H20ClNO2/c12-6-2-1-3-11(15)13-7-4-10(9-13)5-8-14/h10,14H,1-9H2. The molecule has 3 nitrogen and oxygen atoms in total. The Bertz CT molecular complexity index is 199. The average Bonchev–Trinajstić information content (AvgIpc) is 2.67. The number of aliphatic hydroxyl groups excluding tert-OH is 1. The van der Waals surface area contributed by atoms with Crippen LogP contribution >= 0.6 is 11.6 Å². The molecule has 0 aromatic carbocycles. The van der Waals surface area contributed by atoms with Crippen LogP contribution in [0.2, 0.25) is 0 Å². The van der Waals surface area contributed by atoms with Crippen molar-refractivity contribution < 1.29 is 9.90 Å². The highest BCUT2D eigenvalue weighted by Crippen LogP contribution is 2.20. The lowest BCUT2D eigenvalue weighted by Crippen LogP contribution is -2.28. The zero-order valence-corrected chi connectivity index (χ0v) is 9.88. The Hall–Kier alpha value is -0.280. The molecule has 1 aliphatic rings. The van der Waals surface area contributed by atoms with Gasteiger partial charge < -0.3 is 10.0 Å². The number of carbonyl (C=O) groups is 1. The van der Waals surface area contributed by atoms with Gasteiger partial charge in [-0.3, -0.25) is 4.79 Å². The Morgan fingerprint density at radius 1 is 1.47 bits per heavy atom. The topological polar surface area (TPSA) is 40.5 Å². The van der Waals surface area contributed by atoms with E-state index in [9.17, 15) is 4.79 Å². The first kappa shape index (κ1) is 12.8. The molecular formula is C11H20ClNO2. The lowest BCUT2D eigenvalue weighted by molar-refractivity contribution is -0.130. The van der Waals surface area contributed by atoms with Crippen molar-refractivity contribution >= 4 is 17.5 Å². The Morgan fingerprint density at radius 3 is 2.93 bits per heavy atom. The molecule has 1 amide bonds. The summed E-state index contributed by atoms with van der Waals surface area (Å²) in [6.07, 6.45) is 4.30. The summed E-state index contributed by atoms with van der Waals surface area (Å²) in [4.78, 5) is 13.6. The summed E-state index contributed by atoms with van der Waals surface area (Å²) >= 11 is 5.56. The number of hydrogen-bond acceptors (Lipinski definition) is 2. The van der Waals surface area contributed by atoms with Gasteiger partial charge in [-0.15, -0.1) is 11.6 Å². The summed E-state index contributed by atoms with van der Waals surface area (Å²) in [5, 5.41) is 8.81. The first-order chi connectivity index (χ1) is 7.27. The fraction of sp³-hybridized carbons (Fsp3) is 0.909. The van der Waals surface area contributed by atoms with Crippen LogP contribution in [0.3, 0.4) is 0 Å². The zero-order chi connectivity index (χ0) is 11.1. The fourth-order valence-electron chi connectivity index (χ4n) is 2.01. The van der Waals surface area contributed by atoms with Gasteiger partial charge in [0.2, 0.25) is 5.91 Å². The number of nitrogens with zero attached hydrogens (tertiary/aromatic N) is 1. The number of halogens is 1. The average molecular weight is 234 g/mol. The highest BCUT2D eigenvalue weighted by Gasteiger charge is 2.24. The Kier molecular flexibility index (Phi) is 6.03. The van der Waals surface area contributed by atoms with Gasteiger partial charge in [-0.25, -0.2) is 0 Å². The van der Waals surface area contributed by atoms with E-state index in [-0.39, 0.29) is 12.5 Å². The predicted molar refractivity (Wildman–Crippen MR) is 61.0 cm³/mol. The van der Waals surface area contributed by atoms with E-state index in [1.54, 1.807) is 0 Å². The first-order valence-corrected chi connectivity index (χ1v) is 6.26. The SMILES string of the molecule is O=C(CCCCCl)N1CCC(CCO)C1. The molecule has 1 atom stereocenters. The highest BCUT2D eigenvalue weighted by molar-refractivity contribution is 6.17. The molecule has 0 aromatic heterocycles. The number of carbonyl (C=O) groups excluding carboxylic acids is 1. The fourth-order valence-corrected chi connectivity index (χ4v) is 2.20. The maximum absolute atomic E-state index is 11.7. The van der Waals surface area contributed by atoms with Crippen molar-refractivity contribution in [2.75, 3.05) is 25.6 Å². The molecule has 0 aliphatic carbocycles. The normalized spacial score (nSPS) is 20.9. The van der Waals surface area contributed by atoms with Gasteiger partial charge in [-0.1, -0.05) is 0 Å². The molecule has 4 heteroatoms. The van der Waals surface area contributed by atoms with Gasteiger partial charge in [-0.05, 0) is 31.6 Å². The van der Waals surface area contributed by atoms with Crippen LogP contribution < -0.4 is 0 Å². The third kappa shape index (κ3) is 4.39. The number of unbranched alkanes of at least 4 members (excludes halogenated alkanes) is 1. The maximum Gasteiger partial charge on any atom is 0.222 e. The summed E-state index contributed by atoms with van der Waals surface area (Å²) in [6.45, 7) is 1.93. The van der Waals surface area contributed by atoms with Crippen LogP contribution in [0.15, 0.2) is 0 Å². The summed E-state index contributed by atoms with van der Waals surface area (Å²) in [5.41, 5.74) is 0. The highest BCUT2D eigenvalue weighted by atomic mass is 35.5. The van der Waals surface area contributed by atoms with Crippen LogP contribution in [0, 0.1) is 5.92 Å². The smallest absolute Gasteiger partial charge is 0.222 e. The summed E-state index contributed by atoms with van der Waals surface area (Å²) in [5.74, 6) is 1.40. The lowest BCUT2D eigenvalue weighted by Gasteiger charge is -2.16. The molecule has 0 bridgehead atoms. The van der Waals surface area contributed by atoms with E-state index in [1.165, 1.54) is 0 Å². The second kappa shape index (κ2) is 7.07. The molecule has 88 valence electrons. The van der Waals surface area contributed by atoms with Crippen LogP contribution in [0.5, 0.6) is 0 Å². The molecule has 1 saturated heterocycles. The van der Waals surface area contributed by atoms with Crippen molar-refractivity contribution in [1.29, 1.82) is 0 Å². The van der Waals surface area contributed by atoms with Crippen LogP contribution in [0.4, 0.5) is 0 Å². The van der Waals surface area contributed by atoms with Crippen LogP contribution in [-0.4, -0.2) is 41.5 Å². The molecule has 1 rings (SSSR count). The number of likely N-dealkylation sites (tertiary alicyclic amines) is 1. The molecular weight excluding hydrogens is 214 g/mol. The lowest BCUT2D eigenvalue weighted by atomic mass is 10.1. The van der Waals surface area contributed by atoms with Crippen LogP contribution in [-0.2, 0) is 4.79 Å². The van der Waals surface area contributed by atoms with E-state index in [4.69, 9.17) is 16.7 Å². The summed E-state index contributed by atoms with van der Waals surface area (Å²) in [7, 11) is 0. The van der Waals surface area contributed by atoms with E-state index in [0.717, 1.165) is 38.8 Å². The summed E-state index contributed by atoms with van der Waals surface area (Å²) < 4.78 is 0. The molecule has 15 heavy (non-hydrogen) atoms. The van der Waals surface area contributed by atoms with Crippen LogP contribution in [0.25, 0.3) is 0 Å². The molecule has 1 fully saturated rings. The third-order valence-electron chi connectivity index (χ3n) is 2.95. The summed E-state index contributed by atoms with van der Waals surface area (Å²) in [6, 6.07) is 0. The molecule has 0 spiro atoms. The second-order valence-corrected chi connectivity index (χ2v) is 4.53. The van der Waals surface area contributed by atoms with Gasteiger partial charge in [0, 0.05) is 32.0 Å². The van der Waals surface area contributed by atoms with Crippen molar-refractivity contribution in [3.8, 4) is 0 Å². The van der Waals surface area contributed by atoms with E-state index in [0.29, 0.717) is 18.2 Å². The molecule has 1 aliphatic heterocycles. The molecule has 0 aromatic rings. The molecule has 0 radical (unpaired) electrons. The zero-order valence-electron chi connectivity index (χ0n) is 9.12. The quantitative estimate of drug-likeness (QED) is 0.560. The number of amides is 1. The van der Waals surface area contributed by atoms with E-state index in [2.05, 4.69) is 0 Å². The molecule has 1 unspecified atom stereocenters. The maximum atomic E-state index is 11.7. The number of rotatable bonds is 6. The van der Waals surface area contributed by atoms with Crippen molar-refractivity contribution in [3.05, 3.63) is 0 Å². The molecule has 1 heterocycles. The third-order valence-corrected chi connectivity index (χ3v) is 3.22. The molecule has 0 saturated carbocycles. The predicted octanol–water partition coefficient (Wildman–Crippen LogP) is 1.63. The minimum atomic E-state index is 0.235.